The maximum Gasteiger partial charge on any atom is 0.410 e. The summed E-state index contributed by atoms with van der Waals surface area (Å²) in [5.74, 6) is 0.780. The van der Waals surface area contributed by atoms with Crippen LogP contribution in [0.2, 0.25) is 0 Å². The highest BCUT2D eigenvalue weighted by atomic mass is 16.6. The van der Waals surface area contributed by atoms with E-state index in [1.54, 1.807) is 4.90 Å². The lowest BCUT2D eigenvalue weighted by atomic mass is 9.84. The van der Waals surface area contributed by atoms with Gasteiger partial charge in [0, 0.05) is 25.4 Å². The van der Waals surface area contributed by atoms with Crippen LogP contribution < -0.4 is 0 Å². The first kappa shape index (κ1) is 12.4. The minimum Gasteiger partial charge on any atom is -0.444 e. The number of hydrogen-bond donors (Lipinski definition) is 0. The van der Waals surface area contributed by atoms with Crippen molar-refractivity contribution < 1.29 is 14.3 Å². The SMILES string of the molecule is CC(C)(C)OC(=O)N1CC[C@H]2CCC(=O)C[C@H]21. The van der Waals surface area contributed by atoms with Crippen LogP contribution in [0.4, 0.5) is 4.79 Å². The monoisotopic (exact) mass is 239 g/mol. The Morgan fingerprint density at radius 1 is 1.35 bits per heavy atom. The molecule has 1 aliphatic heterocycles. The predicted molar refractivity (Wildman–Crippen MR) is 63.7 cm³/mol. The summed E-state index contributed by atoms with van der Waals surface area (Å²) in [6.45, 7) is 6.33. The van der Waals surface area contributed by atoms with Gasteiger partial charge in [-0.15, -0.1) is 0 Å². The molecule has 1 saturated heterocycles. The minimum atomic E-state index is -0.464. The quantitative estimate of drug-likeness (QED) is 0.652. The first-order valence-electron chi connectivity index (χ1n) is 6.38. The van der Waals surface area contributed by atoms with E-state index in [0.29, 0.717) is 18.8 Å². The molecule has 2 fully saturated rings. The van der Waals surface area contributed by atoms with E-state index >= 15 is 0 Å². The van der Waals surface area contributed by atoms with Gasteiger partial charge in [0.1, 0.15) is 11.4 Å². The van der Waals surface area contributed by atoms with Crippen LogP contribution in [-0.2, 0) is 9.53 Å². The number of carbonyl (C=O) groups is 2. The summed E-state index contributed by atoms with van der Waals surface area (Å²) in [7, 11) is 0. The normalized spacial score (nSPS) is 29.1. The summed E-state index contributed by atoms with van der Waals surface area (Å²) in [4.78, 5) is 25.3. The molecule has 17 heavy (non-hydrogen) atoms. The topological polar surface area (TPSA) is 46.6 Å². The van der Waals surface area contributed by atoms with Crippen LogP contribution in [-0.4, -0.2) is 35.0 Å². The zero-order chi connectivity index (χ0) is 12.6. The minimum absolute atomic E-state index is 0.0890. The van der Waals surface area contributed by atoms with Gasteiger partial charge in [-0.25, -0.2) is 4.79 Å². The maximum absolute atomic E-state index is 12.0. The number of likely N-dealkylation sites (tertiary alicyclic amines) is 1. The largest absolute Gasteiger partial charge is 0.444 e. The van der Waals surface area contributed by atoms with Gasteiger partial charge in [0.2, 0.25) is 0 Å². The summed E-state index contributed by atoms with van der Waals surface area (Å²) in [6.07, 6.45) is 2.88. The second-order valence-electron chi connectivity index (χ2n) is 6.07. The fourth-order valence-electron chi connectivity index (χ4n) is 2.76. The Hall–Kier alpha value is -1.06. The molecule has 4 heteroatoms. The molecule has 1 heterocycles. The van der Waals surface area contributed by atoms with Crippen molar-refractivity contribution in [3.63, 3.8) is 0 Å². The molecule has 2 rings (SSSR count). The Morgan fingerprint density at radius 3 is 2.71 bits per heavy atom. The number of Topliss-reactive ketones (excluding diaryl/α,β-unsaturated/α-hetero) is 1. The summed E-state index contributed by atoms with van der Waals surface area (Å²) in [5.41, 5.74) is -0.464. The van der Waals surface area contributed by atoms with Crippen molar-refractivity contribution in [2.75, 3.05) is 6.54 Å². The smallest absolute Gasteiger partial charge is 0.410 e. The average Bonchev–Trinajstić information content (AvgIpc) is 2.57. The van der Waals surface area contributed by atoms with Crippen molar-refractivity contribution in [1.82, 2.24) is 4.90 Å². The Bertz CT molecular complexity index is 332. The van der Waals surface area contributed by atoms with Gasteiger partial charge in [-0.05, 0) is 39.5 Å². The van der Waals surface area contributed by atoms with E-state index in [1.165, 1.54) is 0 Å². The number of carbonyl (C=O) groups excluding carboxylic acids is 2. The van der Waals surface area contributed by atoms with E-state index in [1.807, 2.05) is 20.8 Å². The summed E-state index contributed by atoms with van der Waals surface area (Å²) in [5, 5.41) is 0. The van der Waals surface area contributed by atoms with E-state index in [4.69, 9.17) is 4.74 Å². The Morgan fingerprint density at radius 2 is 2.06 bits per heavy atom. The summed E-state index contributed by atoms with van der Waals surface area (Å²) < 4.78 is 5.38. The molecule has 4 nitrogen and oxygen atoms in total. The third-order valence-electron chi connectivity index (χ3n) is 3.54. The van der Waals surface area contributed by atoms with Crippen LogP contribution in [0.3, 0.4) is 0 Å². The zero-order valence-electron chi connectivity index (χ0n) is 10.9. The molecule has 0 aromatic heterocycles. The highest BCUT2D eigenvalue weighted by Crippen LogP contribution is 2.35. The van der Waals surface area contributed by atoms with Crippen LogP contribution in [0.25, 0.3) is 0 Å². The Balaban J connectivity index is 2.02. The molecular weight excluding hydrogens is 218 g/mol. The fourth-order valence-corrected chi connectivity index (χ4v) is 2.76. The molecule has 0 unspecified atom stereocenters. The molecule has 2 aliphatic rings. The number of fused-ring (bicyclic) bond motifs is 1. The molecule has 0 spiro atoms. The first-order valence-corrected chi connectivity index (χ1v) is 6.38. The van der Waals surface area contributed by atoms with Gasteiger partial charge in [-0.1, -0.05) is 0 Å². The van der Waals surface area contributed by atoms with Crippen LogP contribution in [0.15, 0.2) is 0 Å². The molecule has 2 atom stereocenters. The van der Waals surface area contributed by atoms with Gasteiger partial charge in [0.15, 0.2) is 0 Å². The molecule has 0 aromatic rings. The van der Waals surface area contributed by atoms with Crippen molar-refractivity contribution in [2.45, 2.75) is 58.1 Å². The van der Waals surface area contributed by atoms with E-state index in [-0.39, 0.29) is 17.9 Å². The molecule has 1 amide bonds. The van der Waals surface area contributed by atoms with Gasteiger partial charge in [-0.3, -0.25) is 4.79 Å². The predicted octanol–water partition coefficient (Wildman–Crippen LogP) is 2.37. The summed E-state index contributed by atoms with van der Waals surface area (Å²) in [6, 6.07) is 0.0890. The Labute approximate surface area is 102 Å². The number of hydrogen-bond acceptors (Lipinski definition) is 3. The molecule has 96 valence electrons. The number of nitrogens with zero attached hydrogens (tertiary/aromatic N) is 1. The van der Waals surface area contributed by atoms with Crippen LogP contribution in [0.1, 0.15) is 46.5 Å². The van der Waals surface area contributed by atoms with Gasteiger partial charge in [0.25, 0.3) is 0 Å². The number of ether oxygens (including phenoxy) is 1. The van der Waals surface area contributed by atoms with Gasteiger partial charge in [-0.2, -0.15) is 0 Å². The third kappa shape index (κ3) is 2.79. The van der Waals surface area contributed by atoms with E-state index in [2.05, 4.69) is 0 Å². The van der Waals surface area contributed by atoms with Crippen molar-refractivity contribution in [3.05, 3.63) is 0 Å². The standard InChI is InChI=1S/C13H21NO3/c1-13(2,3)17-12(16)14-7-6-9-4-5-10(15)8-11(9)14/h9,11H,4-8H2,1-3H3/t9-,11-/m1/s1. The van der Waals surface area contributed by atoms with Crippen molar-refractivity contribution >= 4 is 11.9 Å². The van der Waals surface area contributed by atoms with Crippen molar-refractivity contribution in [2.24, 2.45) is 5.92 Å². The van der Waals surface area contributed by atoms with Crippen LogP contribution in [0, 0.1) is 5.92 Å². The first-order chi connectivity index (χ1) is 7.87. The zero-order valence-corrected chi connectivity index (χ0v) is 10.9. The van der Waals surface area contributed by atoms with Crippen LogP contribution >= 0.6 is 0 Å². The lowest BCUT2D eigenvalue weighted by Crippen LogP contribution is -2.43. The maximum atomic E-state index is 12.0. The lowest BCUT2D eigenvalue weighted by Gasteiger charge is -2.32. The second-order valence-corrected chi connectivity index (χ2v) is 6.07. The molecular formula is C13H21NO3. The van der Waals surface area contributed by atoms with E-state index in [0.717, 1.165) is 19.4 Å². The highest BCUT2D eigenvalue weighted by molar-refractivity contribution is 5.81. The highest BCUT2D eigenvalue weighted by Gasteiger charge is 2.42. The van der Waals surface area contributed by atoms with Gasteiger partial charge >= 0.3 is 6.09 Å². The van der Waals surface area contributed by atoms with E-state index in [9.17, 15) is 9.59 Å². The Kier molecular flexibility index (Phi) is 3.15. The molecule has 0 aromatic carbocycles. The molecule has 1 saturated carbocycles. The third-order valence-corrected chi connectivity index (χ3v) is 3.54. The molecule has 1 aliphatic carbocycles. The van der Waals surface area contributed by atoms with Gasteiger partial charge in [0.05, 0.1) is 0 Å². The average molecular weight is 239 g/mol. The molecule has 0 N–H and O–H groups in total. The van der Waals surface area contributed by atoms with Crippen LogP contribution in [0.5, 0.6) is 0 Å². The number of ketones is 1. The van der Waals surface area contributed by atoms with Crippen molar-refractivity contribution in [3.8, 4) is 0 Å². The van der Waals surface area contributed by atoms with E-state index < -0.39 is 5.60 Å². The molecule has 0 radical (unpaired) electrons. The fraction of sp³-hybridized carbons (Fsp3) is 0.846. The number of rotatable bonds is 0. The van der Waals surface area contributed by atoms with Crippen molar-refractivity contribution in [1.29, 1.82) is 0 Å². The van der Waals surface area contributed by atoms with Gasteiger partial charge < -0.3 is 9.64 Å². The molecule has 0 bridgehead atoms. The summed E-state index contributed by atoms with van der Waals surface area (Å²) >= 11 is 0. The second kappa shape index (κ2) is 4.31. The number of amides is 1. The lowest BCUT2D eigenvalue weighted by molar-refractivity contribution is -0.122.